The molecule has 4 fully saturated rings. The van der Waals surface area contributed by atoms with Crippen LogP contribution in [0.5, 0.6) is 0 Å². The van der Waals surface area contributed by atoms with E-state index in [4.69, 9.17) is 0 Å². The lowest BCUT2D eigenvalue weighted by atomic mass is 9.48. The van der Waals surface area contributed by atoms with Crippen molar-refractivity contribution in [1.82, 2.24) is 0 Å². The number of rotatable bonds is 7. The van der Waals surface area contributed by atoms with Gasteiger partial charge in [-0.3, -0.25) is 9.10 Å². The lowest BCUT2D eigenvalue weighted by Crippen LogP contribution is -2.48. The Kier molecular flexibility index (Phi) is 6.63. The third kappa shape index (κ3) is 4.91. The summed E-state index contributed by atoms with van der Waals surface area (Å²) in [5.74, 6) is 2.24. The highest BCUT2D eigenvalue weighted by Crippen LogP contribution is 2.60. The highest BCUT2D eigenvalue weighted by atomic mass is 79.9. The number of amides is 1. The first kappa shape index (κ1) is 25.6. The molecule has 4 saturated carbocycles. The van der Waals surface area contributed by atoms with E-state index in [0.29, 0.717) is 16.8 Å². The Bertz CT molecular complexity index is 1420. The highest BCUT2D eigenvalue weighted by molar-refractivity contribution is 9.10. The fourth-order valence-electron chi connectivity index (χ4n) is 7.49. The number of anilines is 2. The minimum atomic E-state index is -3.96. The van der Waals surface area contributed by atoms with Crippen molar-refractivity contribution in [3.8, 4) is 0 Å². The fourth-order valence-corrected chi connectivity index (χ4v) is 9.29. The van der Waals surface area contributed by atoms with Gasteiger partial charge in [-0.1, -0.05) is 51.8 Å². The van der Waals surface area contributed by atoms with Crippen LogP contribution in [0.3, 0.4) is 0 Å². The van der Waals surface area contributed by atoms with Gasteiger partial charge in [-0.2, -0.15) is 0 Å². The van der Waals surface area contributed by atoms with E-state index in [1.807, 2.05) is 25.1 Å². The molecule has 7 rings (SSSR count). The first-order chi connectivity index (χ1) is 18.2. The van der Waals surface area contributed by atoms with Crippen LogP contribution in [0.4, 0.5) is 11.4 Å². The van der Waals surface area contributed by atoms with Crippen molar-refractivity contribution in [2.45, 2.75) is 55.8 Å². The number of nitrogens with one attached hydrogen (secondary N) is 1. The average Bonchev–Trinajstić information content (AvgIpc) is 2.87. The lowest BCUT2D eigenvalue weighted by Gasteiger charge is -2.57. The molecule has 0 radical (unpaired) electrons. The van der Waals surface area contributed by atoms with Crippen LogP contribution >= 0.6 is 15.9 Å². The molecule has 3 aromatic rings. The molecule has 198 valence electrons. The first-order valence-electron chi connectivity index (χ1n) is 13.5. The maximum Gasteiger partial charge on any atom is 0.264 e. The van der Waals surface area contributed by atoms with Crippen LogP contribution in [-0.4, -0.2) is 20.9 Å². The minimum absolute atomic E-state index is 0.149. The maximum atomic E-state index is 13.6. The molecule has 1 amide bonds. The predicted octanol–water partition coefficient (Wildman–Crippen LogP) is 7.06. The smallest absolute Gasteiger partial charge is 0.264 e. The zero-order chi connectivity index (χ0) is 26.5. The summed E-state index contributed by atoms with van der Waals surface area (Å²) in [5.41, 5.74) is 3.77. The number of hydrogen-bond acceptors (Lipinski definition) is 3. The number of carbonyl (C=O) groups excluding carboxylic acids is 1. The largest absolute Gasteiger partial charge is 0.325 e. The van der Waals surface area contributed by atoms with Crippen LogP contribution in [0.15, 0.2) is 82.2 Å². The molecule has 5 nitrogen and oxygen atoms in total. The summed E-state index contributed by atoms with van der Waals surface area (Å²) in [5, 5.41) is 2.93. The number of hydrogen-bond donors (Lipinski definition) is 1. The second-order valence-corrected chi connectivity index (χ2v) is 14.4. The monoisotopic (exact) mass is 592 g/mol. The molecule has 0 aromatic heterocycles. The van der Waals surface area contributed by atoms with E-state index in [9.17, 15) is 13.2 Å². The van der Waals surface area contributed by atoms with Gasteiger partial charge >= 0.3 is 0 Å². The Balaban J connectivity index is 1.21. The van der Waals surface area contributed by atoms with Crippen LogP contribution in [0.2, 0.25) is 0 Å². The van der Waals surface area contributed by atoms with Gasteiger partial charge < -0.3 is 5.32 Å². The third-order valence-electron chi connectivity index (χ3n) is 8.81. The zero-order valence-corrected chi connectivity index (χ0v) is 24.0. The van der Waals surface area contributed by atoms with Gasteiger partial charge in [0.25, 0.3) is 10.0 Å². The highest BCUT2D eigenvalue weighted by Gasteiger charge is 2.51. The predicted molar refractivity (Wildman–Crippen MR) is 155 cm³/mol. The summed E-state index contributed by atoms with van der Waals surface area (Å²) >= 11 is 3.42. The quantitative estimate of drug-likeness (QED) is 0.319. The van der Waals surface area contributed by atoms with Gasteiger partial charge in [0.1, 0.15) is 6.54 Å². The SMILES string of the molecule is Cc1ccc(S(=O)(=O)N(CC(=O)Nc2ccc(C34CC5CC(CC(C5)C3)C4)cc2)c2cccc(Br)c2)cc1. The fraction of sp³-hybridized carbons (Fsp3) is 0.387. The van der Waals surface area contributed by atoms with Crippen molar-refractivity contribution in [1.29, 1.82) is 0 Å². The van der Waals surface area contributed by atoms with Gasteiger partial charge in [-0.05, 0) is 117 Å². The summed E-state index contributed by atoms with van der Waals surface area (Å²) in [6.07, 6.45) is 8.11. The molecule has 1 N–H and O–H groups in total. The molecular formula is C31H33BrN2O3S. The van der Waals surface area contributed by atoms with Crippen molar-refractivity contribution >= 4 is 43.2 Å². The van der Waals surface area contributed by atoms with Gasteiger partial charge in [-0.25, -0.2) is 8.42 Å². The summed E-state index contributed by atoms with van der Waals surface area (Å²) < 4.78 is 29.2. The van der Waals surface area contributed by atoms with E-state index >= 15 is 0 Å². The Morgan fingerprint density at radius 1 is 0.921 bits per heavy atom. The minimum Gasteiger partial charge on any atom is -0.325 e. The number of sulfonamides is 1. The molecule has 4 bridgehead atoms. The van der Waals surface area contributed by atoms with E-state index in [-0.39, 0.29) is 17.3 Å². The zero-order valence-electron chi connectivity index (χ0n) is 21.6. The van der Waals surface area contributed by atoms with Gasteiger partial charge in [0, 0.05) is 10.2 Å². The van der Waals surface area contributed by atoms with E-state index < -0.39 is 10.0 Å². The molecular weight excluding hydrogens is 560 g/mol. The van der Waals surface area contributed by atoms with Crippen molar-refractivity contribution in [2.75, 3.05) is 16.2 Å². The lowest BCUT2D eigenvalue weighted by molar-refractivity contribution is -0.114. The van der Waals surface area contributed by atoms with Crippen LogP contribution in [-0.2, 0) is 20.2 Å². The molecule has 3 aromatic carbocycles. The Morgan fingerprint density at radius 3 is 2.11 bits per heavy atom. The standard InChI is InChI=1S/C31H33BrN2O3S/c1-21-5-11-29(12-6-21)38(36,37)34(28-4-2-3-26(32)16-28)20-30(35)33-27-9-7-25(8-10-27)31-17-22-13-23(18-31)15-24(14-22)19-31/h2-12,16,22-24H,13-15,17-20H2,1H3,(H,33,35). The summed E-state index contributed by atoms with van der Waals surface area (Å²) in [4.78, 5) is 13.3. The normalized spacial score (nSPS) is 25.8. The van der Waals surface area contributed by atoms with Crippen LogP contribution in [0.1, 0.15) is 49.7 Å². The Labute approximate surface area is 233 Å². The van der Waals surface area contributed by atoms with Crippen LogP contribution in [0.25, 0.3) is 0 Å². The van der Waals surface area contributed by atoms with E-state index in [0.717, 1.165) is 27.8 Å². The maximum absolute atomic E-state index is 13.6. The first-order valence-corrected chi connectivity index (χ1v) is 15.7. The molecule has 0 spiro atoms. The summed E-state index contributed by atoms with van der Waals surface area (Å²) in [6.45, 7) is 1.58. The molecule has 0 aliphatic heterocycles. The topological polar surface area (TPSA) is 66.5 Å². The number of aryl methyl sites for hydroxylation is 1. The number of carbonyl (C=O) groups is 1. The Morgan fingerprint density at radius 2 is 1.53 bits per heavy atom. The second kappa shape index (κ2) is 9.83. The molecule has 0 atom stereocenters. The summed E-state index contributed by atoms with van der Waals surface area (Å²) in [7, 11) is -3.96. The van der Waals surface area contributed by atoms with Crippen molar-refractivity contribution in [3.05, 3.63) is 88.4 Å². The number of nitrogens with zero attached hydrogens (tertiary/aromatic N) is 1. The number of benzene rings is 3. The third-order valence-corrected chi connectivity index (χ3v) is 11.1. The van der Waals surface area contributed by atoms with E-state index in [1.54, 1.807) is 42.5 Å². The molecule has 4 aliphatic rings. The van der Waals surface area contributed by atoms with Crippen molar-refractivity contribution in [3.63, 3.8) is 0 Å². The van der Waals surface area contributed by atoms with Crippen molar-refractivity contribution < 1.29 is 13.2 Å². The van der Waals surface area contributed by atoms with Crippen molar-refractivity contribution in [2.24, 2.45) is 17.8 Å². The van der Waals surface area contributed by atoms with Gasteiger partial charge in [0.15, 0.2) is 0 Å². The molecule has 0 saturated heterocycles. The van der Waals surface area contributed by atoms with E-state index in [2.05, 4.69) is 33.4 Å². The van der Waals surface area contributed by atoms with Crippen LogP contribution in [0, 0.1) is 24.7 Å². The average molecular weight is 594 g/mol. The second-order valence-electron chi connectivity index (χ2n) is 11.6. The van der Waals surface area contributed by atoms with Gasteiger partial charge in [0.05, 0.1) is 10.6 Å². The van der Waals surface area contributed by atoms with Gasteiger partial charge in [-0.15, -0.1) is 0 Å². The number of halogens is 1. The van der Waals surface area contributed by atoms with Gasteiger partial charge in [0.2, 0.25) is 5.91 Å². The molecule has 0 unspecified atom stereocenters. The molecule has 7 heteroatoms. The molecule has 38 heavy (non-hydrogen) atoms. The summed E-state index contributed by atoms with van der Waals surface area (Å²) in [6, 6.07) is 22.0. The Hall–Kier alpha value is -2.64. The molecule has 4 aliphatic carbocycles. The van der Waals surface area contributed by atoms with E-state index in [1.165, 1.54) is 48.4 Å². The molecule has 0 heterocycles. The van der Waals surface area contributed by atoms with Crippen LogP contribution < -0.4 is 9.62 Å².